The second-order valence-electron chi connectivity index (χ2n) is 7.48. The molecular formula is C20H30N2O. The predicted molar refractivity (Wildman–Crippen MR) is 94.6 cm³/mol. The monoisotopic (exact) mass is 314 g/mol. The number of amides is 1. The Bertz CT molecular complexity index is 548. The van der Waals surface area contributed by atoms with Gasteiger partial charge >= 0.3 is 0 Å². The molecule has 0 radical (unpaired) electrons. The SMILES string of the molecule is CNCC1CCN(C(=O)C2(c3cccc(C)c3)CCCCC2)C1. The standard InChI is InChI=1S/C20H30N2O/c1-16-7-6-8-18(13-16)20(10-4-3-5-11-20)19(23)22-12-9-17(15-22)14-21-2/h6-8,13,17,21H,3-5,9-12,14-15H2,1-2H3. The topological polar surface area (TPSA) is 32.3 Å². The van der Waals surface area contributed by atoms with E-state index < -0.39 is 0 Å². The lowest BCUT2D eigenvalue weighted by Crippen LogP contribution is -2.47. The summed E-state index contributed by atoms with van der Waals surface area (Å²) in [7, 11) is 2.00. The van der Waals surface area contributed by atoms with E-state index in [4.69, 9.17) is 0 Å². The number of benzene rings is 1. The van der Waals surface area contributed by atoms with Crippen LogP contribution < -0.4 is 5.32 Å². The van der Waals surface area contributed by atoms with Gasteiger partial charge in [-0.15, -0.1) is 0 Å². The first-order chi connectivity index (χ1) is 11.2. The van der Waals surface area contributed by atoms with Crippen molar-refractivity contribution < 1.29 is 4.79 Å². The van der Waals surface area contributed by atoms with E-state index in [1.165, 1.54) is 30.4 Å². The molecule has 1 aliphatic carbocycles. The Kier molecular flexibility index (Phi) is 5.05. The fraction of sp³-hybridized carbons (Fsp3) is 0.650. The third-order valence-electron chi connectivity index (χ3n) is 5.75. The first-order valence-corrected chi connectivity index (χ1v) is 9.17. The second-order valence-corrected chi connectivity index (χ2v) is 7.48. The van der Waals surface area contributed by atoms with Gasteiger partial charge in [0.15, 0.2) is 0 Å². The Hall–Kier alpha value is -1.35. The van der Waals surface area contributed by atoms with Crippen LogP contribution in [0.15, 0.2) is 24.3 Å². The number of rotatable bonds is 4. The van der Waals surface area contributed by atoms with Crippen LogP contribution in [0.2, 0.25) is 0 Å². The number of aryl methyl sites for hydroxylation is 1. The molecule has 1 amide bonds. The maximum Gasteiger partial charge on any atom is 0.233 e. The van der Waals surface area contributed by atoms with Crippen LogP contribution in [0.1, 0.15) is 49.7 Å². The third-order valence-corrected chi connectivity index (χ3v) is 5.75. The molecule has 1 aliphatic heterocycles. The van der Waals surface area contributed by atoms with Crippen LogP contribution in [0.4, 0.5) is 0 Å². The van der Waals surface area contributed by atoms with E-state index in [0.717, 1.165) is 38.9 Å². The summed E-state index contributed by atoms with van der Waals surface area (Å²) in [4.78, 5) is 15.6. The van der Waals surface area contributed by atoms with Crippen molar-refractivity contribution in [3.05, 3.63) is 35.4 Å². The van der Waals surface area contributed by atoms with Crippen LogP contribution in [0.5, 0.6) is 0 Å². The Morgan fingerprint density at radius 3 is 2.78 bits per heavy atom. The molecule has 1 heterocycles. The molecule has 2 fully saturated rings. The summed E-state index contributed by atoms with van der Waals surface area (Å²) in [5, 5.41) is 3.26. The second kappa shape index (κ2) is 7.04. The molecule has 3 heteroatoms. The number of carbonyl (C=O) groups is 1. The molecule has 0 bridgehead atoms. The normalized spacial score (nSPS) is 23.9. The number of hydrogen-bond acceptors (Lipinski definition) is 2. The molecule has 126 valence electrons. The average Bonchev–Trinajstić information content (AvgIpc) is 3.04. The molecule has 3 nitrogen and oxygen atoms in total. The molecule has 1 unspecified atom stereocenters. The van der Waals surface area contributed by atoms with Crippen molar-refractivity contribution in [1.82, 2.24) is 10.2 Å². The van der Waals surface area contributed by atoms with Crippen molar-refractivity contribution in [2.75, 3.05) is 26.7 Å². The zero-order chi connectivity index (χ0) is 16.3. The van der Waals surface area contributed by atoms with Crippen molar-refractivity contribution in [2.45, 2.75) is 50.9 Å². The van der Waals surface area contributed by atoms with Crippen molar-refractivity contribution in [1.29, 1.82) is 0 Å². The van der Waals surface area contributed by atoms with Crippen molar-refractivity contribution in [3.63, 3.8) is 0 Å². The summed E-state index contributed by atoms with van der Waals surface area (Å²) in [6.45, 7) is 5.00. The van der Waals surface area contributed by atoms with Gasteiger partial charge in [0.2, 0.25) is 5.91 Å². The van der Waals surface area contributed by atoms with Gasteiger partial charge in [0.25, 0.3) is 0 Å². The minimum atomic E-state index is -0.265. The van der Waals surface area contributed by atoms with Crippen LogP contribution >= 0.6 is 0 Å². The Morgan fingerprint density at radius 1 is 1.30 bits per heavy atom. The average molecular weight is 314 g/mol. The number of hydrogen-bond donors (Lipinski definition) is 1. The van der Waals surface area contributed by atoms with Gasteiger partial charge in [-0.1, -0.05) is 49.1 Å². The predicted octanol–water partition coefficient (Wildman–Crippen LogP) is 3.26. The maximum absolute atomic E-state index is 13.5. The molecule has 1 aromatic carbocycles. The van der Waals surface area contributed by atoms with Crippen molar-refractivity contribution in [3.8, 4) is 0 Å². The lowest BCUT2D eigenvalue weighted by Gasteiger charge is -2.39. The number of likely N-dealkylation sites (tertiary alicyclic amines) is 1. The fourth-order valence-corrected chi connectivity index (χ4v) is 4.50. The van der Waals surface area contributed by atoms with Gasteiger partial charge < -0.3 is 10.2 Å². The zero-order valence-electron chi connectivity index (χ0n) is 14.6. The molecule has 23 heavy (non-hydrogen) atoms. The Morgan fingerprint density at radius 2 is 2.09 bits per heavy atom. The highest BCUT2D eigenvalue weighted by Crippen LogP contribution is 2.42. The maximum atomic E-state index is 13.5. The molecular weight excluding hydrogens is 284 g/mol. The lowest BCUT2D eigenvalue weighted by molar-refractivity contribution is -0.138. The van der Waals surface area contributed by atoms with Crippen molar-refractivity contribution in [2.24, 2.45) is 5.92 Å². The first kappa shape index (κ1) is 16.5. The highest BCUT2D eigenvalue weighted by Gasteiger charge is 2.44. The Balaban J connectivity index is 1.86. The third kappa shape index (κ3) is 3.30. The fourth-order valence-electron chi connectivity index (χ4n) is 4.50. The first-order valence-electron chi connectivity index (χ1n) is 9.17. The lowest BCUT2D eigenvalue weighted by atomic mass is 9.68. The molecule has 1 aromatic rings. The van der Waals surface area contributed by atoms with Gasteiger partial charge in [-0.2, -0.15) is 0 Å². The van der Waals surface area contributed by atoms with Gasteiger partial charge in [0, 0.05) is 13.1 Å². The number of nitrogens with zero attached hydrogens (tertiary/aromatic N) is 1. The molecule has 3 rings (SSSR count). The van der Waals surface area contributed by atoms with E-state index in [2.05, 4.69) is 41.4 Å². The van der Waals surface area contributed by atoms with Crippen LogP contribution in [0.25, 0.3) is 0 Å². The van der Waals surface area contributed by atoms with E-state index in [1.54, 1.807) is 0 Å². The molecule has 1 atom stereocenters. The van der Waals surface area contributed by atoms with E-state index in [0.29, 0.717) is 11.8 Å². The van der Waals surface area contributed by atoms with Gasteiger partial charge in [-0.3, -0.25) is 4.79 Å². The van der Waals surface area contributed by atoms with Crippen LogP contribution in [-0.2, 0) is 10.2 Å². The highest BCUT2D eigenvalue weighted by molar-refractivity contribution is 5.88. The molecule has 2 aliphatic rings. The number of nitrogens with one attached hydrogen (secondary N) is 1. The van der Waals surface area contributed by atoms with Gasteiger partial charge in [-0.05, 0) is 51.3 Å². The van der Waals surface area contributed by atoms with E-state index in [1.807, 2.05) is 7.05 Å². The summed E-state index contributed by atoms with van der Waals surface area (Å²) in [5.74, 6) is 1.00. The summed E-state index contributed by atoms with van der Waals surface area (Å²) >= 11 is 0. The summed E-state index contributed by atoms with van der Waals surface area (Å²) in [6.07, 6.45) is 6.78. The van der Waals surface area contributed by atoms with E-state index in [-0.39, 0.29) is 5.41 Å². The van der Waals surface area contributed by atoms with E-state index >= 15 is 0 Å². The minimum absolute atomic E-state index is 0.265. The van der Waals surface area contributed by atoms with Gasteiger partial charge in [-0.25, -0.2) is 0 Å². The number of carbonyl (C=O) groups excluding carboxylic acids is 1. The van der Waals surface area contributed by atoms with Crippen LogP contribution in [0, 0.1) is 12.8 Å². The molecule has 0 aromatic heterocycles. The van der Waals surface area contributed by atoms with Crippen LogP contribution in [0.3, 0.4) is 0 Å². The minimum Gasteiger partial charge on any atom is -0.342 e. The molecule has 1 saturated heterocycles. The highest BCUT2D eigenvalue weighted by atomic mass is 16.2. The summed E-state index contributed by atoms with van der Waals surface area (Å²) in [5.41, 5.74) is 2.24. The molecule has 1 saturated carbocycles. The Labute approximate surface area is 140 Å². The summed E-state index contributed by atoms with van der Waals surface area (Å²) < 4.78 is 0. The van der Waals surface area contributed by atoms with Crippen molar-refractivity contribution >= 4 is 5.91 Å². The zero-order valence-corrected chi connectivity index (χ0v) is 14.6. The van der Waals surface area contributed by atoms with Crippen LogP contribution in [-0.4, -0.2) is 37.5 Å². The molecule has 1 N–H and O–H groups in total. The van der Waals surface area contributed by atoms with Gasteiger partial charge in [0.1, 0.15) is 0 Å². The van der Waals surface area contributed by atoms with Gasteiger partial charge in [0.05, 0.1) is 5.41 Å². The van der Waals surface area contributed by atoms with E-state index in [9.17, 15) is 4.79 Å². The summed E-state index contributed by atoms with van der Waals surface area (Å²) in [6, 6.07) is 8.66. The smallest absolute Gasteiger partial charge is 0.233 e. The molecule has 0 spiro atoms. The quantitative estimate of drug-likeness (QED) is 0.925. The largest absolute Gasteiger partial charge is 0.342 e.